The summed E-state index contributed by atoms with van der Waals surface area (Å²) in [5.41, 5.74) is 1.00. The van der Waals surface area contributed by atoms with Gasteiger partial charge in [-0.25, -0.2) is 0 Å². The molecule has 0 aliphatic rings. The van der Waals surface area contributed by atoms with Crippen molar-refractivity contribution in [3.8, 4) is 0 Å². The molecular weight excluding hydrogens is 305 g/mol. The average molecular weight is 321 g/mol. The van der Waals surface area contributed by atoms with Crippen LogP contribution in [0.15, 0.2) is 22.7 Å². The van der Waals surface area contributed by atoms with E-state index in [2.05, 4.69) is 21.2 Å². The molecule has 0 spiro atoms. The van der Waals surface area contributed by atoms with Gasteiger partial charge in [0.05, 0.1) is 5.02 Å². The van der Waals surface area contributed by atoms with Crippen LogP contribution in [-0.4, -0.2) is 17.1 Å². The lowest BCUT2D eigenvalue weighted by Crippen LogP contribution is -2.35. The van der Waals surface area contributed by atoms with Crippen molar-refractivity contribution in [2.24, 2.45) is 0 Å². The Bertz CT molecular complexity index is 398. The number of carboxylic acids is 1. The van der Waals surface area contributed by atoms with Crippen molar-refractivity contribution >= 4 is 33.5 Å². The summed E-state index contributed by atoms with van der Waals surface area (Å²) in [7, 11) is 0. The van der Waals surface area contributed by atoms with Gasteiger partial charge in [0.2, 0.25) is 0 Å². The van der Waals surface area contributed by atoms with Gasteiger partial charge < -0.3 is 10.4 Å². The maximum Gasteiger partial charge on any atom is 0.320 e. The summed E-state index contributed by atoms with van der Waals surface area (Å²) >= 11 is 9.22. The molecule has 94 valence electrons. The van der Waals surface area contributed by atoms with Gasteiger partial charge in [0.15, 0.2) is 0 Å². The molecule has 0 saturated carbocycles. The maximum absolute atomic E-state index is 10.9. The van der Waals surface area contributed by atoms with Crippen LogP contribution in [0.4, 0.5) is 0 Å². The monoisotopic (exact) mass is 319 g/mol. The summed E-state index contributed by atoms with van der Waals surface area (Å²) in [4.78, 5) is 10.9. The van der Waals surface area contributed by atoms with Gasteiger partial charge in [-0.2, -0.15) is 0 Å². The van der Waals surface area contributed by atoms with Gasteiger partial charge in [-0.05, 0) is 40.0 Å². The van der Waals surface area contributed by atoms with Crippen molar-refractivity contribution in [1.82, 2.24) is 5.32 Å². The number of rotatable bonds is 6. The Balaban J connectivity index is 2.59. The Morgan fingerprint density at radius 1 is 1.59 bits per heavy atom. The highest BCUT2D eigenvalue weighted by molar-refractivity contribution is 9.10. The van der Waals surface area contributed by atoms with E-state index in [0.29, 0.717) is 18.0 Å². The van der Waals surface area contributed by atoms with Crippen molar-refractivity contribution in [3.63, 3.8) is 0 Å². The minimum Gasteiger partial charge on any atom is -0.480 e. The maximum atomic E-state index is 10.9. The third-order valence-electron chi connectivity index (χ3n) is 2.41. The minimum absolute atomic E-state index is 0.491. The number of hydrogen-bond acceptors (Lipinski definition) is 2. The highest BCUT2D eigenvalue weighted by Gasteiger charge is 2.15. The fourth-order valence-electron chi connectivity index (χ4n) is 1.49. The first kappa shape index (κ1) is 14.5. The van der Waals surface area contributed by atoms with Crippen LogP contribution in [0.2, 0.25) is 5.02 Å². The van der Waals surface area contributed by atoms with E-state index in [1.54, 1.807) is 6.07 Å². The zero-order valence-corrected chi connectivity index (χ0v) is 11.9. The number of hydrogen-bond donors (Lipinski definition) is 2. The molecule has 0 aromatic heterocycles. The third-order valence-corrected chi connectivity index (χ3v) is 3.63. The van der Waals surface area contributed by atoms with Crippen LogP contribution < -0.4 is 5.32 Å². The average Bonchev–Trinajstić information content (AvgIpc) is 2.28. The first-order valence-electron chi connectivity index (χ1n) is 5.44. The predicted octanol–water partition coefficient (Wildman–Crippen LogP) is 3.45. The molecule has 0 saturated heterocycles. The summed E-state index contributed by atoms with van der Waals surface area (Å²) in [5, 5.41) is 12.7. The van der Waals surface area contributed by atoms with Gasteiger partial charge in [0.25, 0.3) is 0 Å². The molecule has 5 heteroatoms. The summed E-state index contributed by atoms with van der Waals surface area (Å²) in [5.74, 6) is -0.806. The van der Waals surface area contributed by atoms with E-state index in [4.69, 9.17) is 16.7 Å². The van der Waals surface area contributed by atoms with E-state index >= 15 is 0 Å². The Labute approximate surface area is 114 Å². The highest BCUT2D eigenvalue weighted by atomic mass is 79.9. The van der Waals surface area contributed by atoms with Crippen LogP contribution in [-0.2, 0) is 11.3 Å². The Hall–Kier alpha value is -0.580. The molecule has 1 unspecified atom stereocenters. The lowest BCUT2D eigenvalue weighted by Gasteiger charge is -2.13. The van der Waals surface area contributed by atoms with Gasteiger partial charge in [-0.3, -0.25) is 4.79 Å². The second-order valence-electron chi connectivity index (χ2n) is 3.81. The lowest BCUT2D eigenvalue weighted by molar-refractivity contribution is -0.139. The molecule has 1 aromatic rings. The highest BCUT2D eigenvalue weighted by Crippen LogP contribution is 2.23. The Kier molecular flexibility index (Phi) is 5.95. The smallest absolute Gasteiger partial charge is 0.320 e. The normalized spacial score (nSPS) is 12.4. The van der Waals surface area contributed by atoms with E-state index in [9.17, 15) is 4.79 Å². The molecule has 17 heavy (non-hydrogen) atoms. The van der Waals surface area contributed by atoms with Crippen LogP contribution in [0, 0.1) is 0 Å². The number of halogens is 2. The summed E-state index contributed by atoms with van der Waals surface area (Å²) in [6.07, 6.45) is 1.47. The van der Waals surface area contributed by atoms with Gasteiger partial charge in [-0.15, -0.1) is 0 Å². The molecule has 1 rings (SSSR count). The van der Waals surface area contributed by atoms with Gasteiger partial charge in [0.1, 0.15) is 6.04 Å². The standard InChI is InChI=1S/C12H15BrClNO2/c1-2-3-11(12(16)17)15-7-8-4-5-10(14)9(13)6-8/h4-6,11,15H,2-3,7H2,1H3,(H,16,17). The van der Waals surface area contributed by atoms with E-state index in [0.717, 1.165) is 16.5 Å². The molecule has 0 fully saturated rings. The van der Waals surface area contributed by atoms with Crippen LogP contribution in [0.5, 0.6) is 0 Å². The van der Waals surface area contributed by atoms with E-state index in [-0.39, 0.29) is 0 Å². The zero-order chi connectivity index (χ0) is 12.8. The molecule has 0 aliphatic heterocycles. The van der Waals surface area contributed by atoms with E-state index in [1.807, 2.05) is 19.1 Å². The third kappa shape index (κ3) is 4.66. The van der Waals surface area contributed by atoms with Gasteiger partial charge >= 0.3 is 5.97 Å². The second-order valence-corrected chi connectivity index (χ2v) is 5.07. The summed E-state index contributed by atoms with van der Waals surface area (Å²) < 4.78 is 0.820. The quantitative estimate of drug-likeness (QED) is 0.844. The minimum atomic E-state index is -0.806. The number of nitrogens with one attached hydrogen (secondary N) is 1. The SMILES string of the molecule is CCCC(NCc1ccc(Cl)c(Br)c1)C(=O)O. The molecule has 0 bridgehead atoms. The molecule has 2 N–H and O–H groups in total. The fraction of sp³-hybridized carbons (Fsp3) is 0.417. The van der Waals surface area contributed by atoms with Crippen molar-refractivity contribution in [1.29, 1.82) is 0 Å². The van der Waals surface area contributed by atoms with Crippen LogP contribution >= 0.6 is 27.5 Å². The molecular formula is C12H15BrClNO2. The molecule has 0 aliphatic carbocycles. The van der Waals surface area contributed by atoms with E-state index in [1.165, 1.54) is 0 Å². The topological polar surface area (TPSA) is 49.3 Å². The van der Waals surface area contributed by atoms with Crippen LogP contribution in [0.1, 0.15) is 25.3 Å². The number of benzene rings is 1. The Morgan fingerprint density at radius 3 is 2.82 bits per heavy atom. The molecule has 3 nitrogen and oxygen atoms in total. The predicted molar refractivity (Wildman–Crippen MR) is 72.3 cm³/mol. The number of aliphatic carboxylic acids is 1. The summed E-state index contributed by atoms with van der Waals surface area (Å²) in [6, 6.07) is 5.07. The molecule has 0 heterocycles. The lowest BCUT2D eigenvalue weighted by atomic mass is 10.1. The van der Waals surface area contributed by atoms with Crippen molar-refractivity contribution < 1.29 is 9.90 Å². The first-order valence-corrected chi connectivity index (χ1v) is 6.61. The van der Waals surface area contributed by atoms with Gasteiger partial charge in [0, 0.05) is 11.0 Å². The van der Waals surface area contributed by atoms with Crippen molar-refractivity contribution in [3.05, 3.63) is 33.3 Å². The molecule has 1 atom stereocenters. The van der Waals surface area contributed by atoms with Crippen molar-refractivity contribution in [2.75, 3.05) is 0 Å². The zero-order valence-electron chi connectivity index (χ0n) is 9.54. The molecule has 0 amide bonds. The summed E-state index contributed by atoms with van der Waals surface area (Å²) in [6.45, 7) is 2.49. The largest absolute Gasteiger partial charge is 0.480 e. The second kappa shape index (κ2) is 6.99. The first-order chi connectivity index (χ1) is 8.04. The molecule has 1 aromatic carbocycles. The molecule has 0 radical (unpaired) electrons. The van der Waals surface area contributed by atoms with Gasteiger partial charge in [-0.1, -0.05) is 31.0 Å². The fourth-order valence-corrected chi connectivity index (χ4v) is 2.04. The number of carbonyl (C=O) groups is 1. The van der Waals surface area contributed by atoms with Crippen LogP contribution in [0.3, 0.4) is 0 Å². The van der Waals surface area contributed by atoms with E-state index < -0.39 is 12.0 Å². The number of carboxylic acid groups (broad SMARTS) is 1. The van der Waals surface area contributed by atoms with Crippen LogP contribution in [0.25, 0.3) is 0 Å². The van der Waals surface area contributed by atoms with Crippen molar-refractivity contribution in [2.45, 2.75) is 32.4 Å². The Morgan fingerprint density at radius 2 is 2.29 bits per heavy atom.